The van der Waals surface area contributed by atoms with Crippen molar-refractivity contribution >= 4 is 54.9 Å². The monoisotopic (exact) mass is 671 g/mol. The summed E-state index contributed by atoms with van der Waals surface area (Å²) in [5, 5.41) is 16.6. The van der Waals surface area contributed by atoms with Crippen molar-refractivity contribution in [2.24, 2.45) is 5.41 Å². The van der Waals surface area contributed by atoms with Crippen LogP contribution in [0, 0.1) is 30.0 Å². The van der Waals surface area contributed by atoms with Gasteiger partial charge in [-0.2, -0.15) is 5.10 Å². The molecular weight excluding hydrogens is 638 g/mol. The molecule has 0 amide bonds. The van der Waals surface area contributed by atoms with Crippen LogP contribution in [0.2, 0.25) is 0 Å². The predicted molar refractivity (Wildman–Crippen MR) is 183 cm³/mol. The maximum absolute atomic E-state index is 14.8. The van der Waals surface area contributed by atoms with Crippen LogP contribution < -0.4 is 15.4 Å². The second kappa shape index (κ2) is 14.0. The van der Waals surface area contributed by atoms with Crippen molar-refractivity contribution in [1.29, 1.82) is 0 Å². The lowest BCUT2D eigenvalue weighted by Gasteiger charge is -2.16. The van der Waals surface area contributed by atoms with Gasteiger partial charge in [-0.3, -0.25) is 4.90 Å². The van der Waals surface area contributed by atoms with Crippen LogP contribution in [0.3, 0.4) is 0 Å². The molecule has 0 atom stereocenters. The molecule has 47 heavy (non-hydrogen) atoms. The summed E-state index contributed by atoms with van der Waals surface area (Å²) in [5.41, 5.74) is 3.24. The van der Waals surface area contributed by atoms with Gasteiger partial charge in [-0.25, -0.2) is 19.2 Å². The number of hydrogen-bond acceptors (Lipinski definition) is 12. The van der Waals surface area contributed by atoms with E-state index in [1.807, 2.05) is 56.3 Å². The van der Waals surface area contributed by atoms with Crippen LogP contribution in [0.25, 0.3) is 10.2 Å². The Balaban J connectivity index is 1.08. The summed E-state index contributed by atoms with van der Waals surface area (Å²) >= 11 is 2.96. The largest absolute Gasteiger partial charge is 0.490 e. The Morgan fingerprint density at radius 2 is 1.91 bits per heavy atom. The van der Waals surface area contributed by atoms with E-state index in [2.05, 4.69) is 42.6 Å². The van der Waals surface area contributed by atoms with Crippen LogP contribution in [0.1, 0.15) is 45.0 Å². The van der Waals surface area contributed by atoms with Crippen molar-refractivity contribution in [1.82, 2.24) is 25.1 Å². The third-order valence-corrected chi connectivity index (χ3v) is 9.60. The van der Waals surface area contributed by atoms with Crippen molar-refractivity contribution < 1.29 is 18.7 Å². The molecule has 242 valence electrons. The molecule has 5 aromatic rings. The molecule has 3 aromatic heterocycles. The number of rotatable bonds is 12. The average molecular weight is 672 g/mol. The Kier molecular flexibility index (Phi) is 9.63. The van der Waals surface area contributed by atoms with Crippen LogP contribution in [-0.2, 0) is 17.7 Å². The number of ether oxygens (including phenoxy) is 2. The van der Waals surface area contributed by atoms with Gasteiger partial charge in [0.25, 0.3) is 0 Å². The molecule has 2 N–H and O–H groups in total. The van der Waals surface area contributed by atoms with E-state index in [1.165, 1.54) is 24.5 Å². The Morgan fingerprint density at radius 3 is 2.64 bits per heavy atom. The molecule has 1 aliphatic rings. The molecule has 0 saturated heterocycles. The zero-order valence-corrected chi connectivity index (χ0v) is 28.1. The highest BCUT2D eigenvalue weighted by atomic mass is 32.1. The molecule has 0 spiro atoms. The molecule has 1 aliphatic carbocycles. The van der Waals surface area contributed by atoms with Gasteiger partial charge < -0.3 is 20.1 Å². The maximum atomic E-state index is 14.8. The van der Waals surface area contributed by atoms with Gasteiger partial charge in [0.1, 0.15) is 0 Å². The number of aryl methyl sites for hydroxylation is 1. The van der Waals surface area contributed by atoms with Crippen LogP contribution >= 0.6 is 22.7 Å². The predicted octanol–water partition coefficient (Wildman–Crippen LogP) is 6.45. The normalized spacial score (nSPS) is 13.2. The van der Waals surface area contributed by atoms with E-state index in [4.69, 9.17) is 9.47 Å². The minimum Gasteiger partial charge on any atom is -0.490 e. The summed E-state index contributed by atoms with van der Waals surface area (Å²) < 4.78 is 26.9. The Hall–Kier alpha value is -4.64. The Bertz CT molecular complexity index is 1940. The first-order valence-electron chi connectivity index (χ1n) is 15.0. The molecule has 3 heterocycles. The molecule has 0 unspecified atom stereocenters. The van der Waals surface area contributed by atoms with E-state index >= 15 is 0 Å². The molecule has 2 aromatic carbocycles. The van der Waals surface area contributed by atoms with Gasteiger partial charge in [-0.1, -0.05) is 35.3 Å². The van der Waals surface area contributed by atoms with Crippen molar-refractivity contribution in [2.75, 3.05) is 45.0 Å². The quantitative estimate of drug-likeness (QED) is 0.113. The number of nitrogens with one attached hydrogen (secondary N) is 2. The first-order chi connectivity index (χ1) is 22.7. The third kappa shape index (κ3) is 8.02. The zero-order chi connectivity index (χ0) is 33.0. The molecule has 0 bridgehead atoms. The number of hydrogen-bond donors (Lipinski definition) is 2. The number of aromatic nitrogens is 4. The van der Waals surface area contributed by atoms with E-state index in [0.717, 1.165) is 44.3 Å². The summed E-state index contributed by atoms with van der Waals surface area (Å²) in [6.07, 6.45) is 2.37. The SMILES string of the molecule is COC(=O)c1nc(NCc2cc(C)c(Nc3nc4ccccc4s3)nn2)sc1CC1(COc2ccc(C#CCN(C)C)cc2F)CC1. The Morgan fingerprint density at radius 1 is 1.09 bits per heavy atom. The van der Waals surface area contributed by atoms with Crippen molar-refractivity contribution in [3.63, 3.8) is 0 Å². The van der Waals surface area contributed by atoms with E-state index in [-0.39, 0.29) is 16.9 Å². The lowest BCUT2D eigenvalue weighted by atomic mass is 10.0. The summed E-state index contributed by atoms with van der Waals surface area (Å²) in [6, 6.07) is 14.7. The van der Waals surface area contributed by atoms with Gasteiger partial charge in [0.15, 0.2) is 33.3 Å². The number of thiazole rings is 2. The van der Waals surface area contributed by atoms with E-state index in [0.29, 0.717) is 42.6 Å². The number of fused-ring (bicyclic) bond motifs is 1. The number of benzene rings is 2. The fourth-order valence-corrected chi connectivity index (χ4v) is 6.85. The number of carbonyl (C=O) groups excluding carboxylic acids is 1. The van der Waals surface area contributed by atoms with E-state index in [9.17, 15) is 9.18 Å². The number of carbonyl (C=O) groups is 1. The molecule has 10 nitrogen and oxygen atoms in total. The zero-order valence-electron chi connectivity index (χ0n) is 26.5. The summed E-state index contributed by atoms with van der Waals surface area (Å²) in [5.74, 6) is 5.85. The highest BCUT2D eigenvalue weighted by Gasteiger charge is 2.45. The van der Waals surface area contributed by atoms with Gasteiger partial charge in [0.2, 0.25) is 0 Å². The van der Waals surface area contributed by atoms with E-state index in [1.54, 1.807) is 23.5 Å². The van der Waals surface area contributed by atoms with E-state index < -0.39 is 11.8 Å². The topological polar surface area (TPSA) is 114 Å². The molecular formula is C34H34FN7O3S2. The highest BCUT2D eigenvalue weighted by molar-refractivity contribution is 7.22. The molecule has 0 radical (unpaired) electrons. The van der Waals surface area contributed by atoms with Gasteiger partial charge in [0, 0.05) is 15.9 Å². The van der Waals surface area contributed by atoms with Crippen molar-refractivity contribution in [3.05, 3.63) is 81.7 Å². The second-order valence-electron chi connectivity index (χ2n) is 11.8. The third-order valence-electron chi connectivity index (χ3n) is 7.64. The fraction of sp³-hybridized carbons (Fsp3) is 0.324. The van der Waals surface area contributed by atoms with Crippen LogP contribution in [0.15, 0.2) is 48.5 Å². The first kappa shape index (κ1) is 32.3. The molecule has 1 saturated carbocycles. The minimum absolute atomic E-state index is 0.187. The Labute approximate surface area is 280 Å². The number of anilines is 3. The van der Waals surface area contributed by atoms with Crippen molar-refractivity contribution in [3.8, 4) is 17.6 Å². The number of methoxy groups -OCH3 is 1. The van der Waals surface area contributed by atoms with Crippen LogP contribution in [-0.4, -0.2) is 65.4 Å². The standard InChI is InChI=1S/C34H34FN7O3S2/c1-21-16-23(40-41-30(21)39-33-37-25-9-5-6-10-27(25)46-33)19-36-32-38-29(31(43)44-4)28(47-32)18-34(13-14-34)20-45-26-12-11-22(17-24(26)35)8-7-15-42(2)3/h5-6,9-12,16-17H,13-15,18-20H2,1-4H3,(H,36,38)(H,37,39,41). The lowest BCUT2D eigenvalue weighted by Crippen LogP contribution is -2.17. The smallest absolute Gasteiger partial charge is 0.357 e. The summed E-state index contributed by atoms with van der Waals surface area (Å²) in [6.45, 7) is 3.24. The first-order valence-corrected chi connectivity index (χ1v) is 16.7. The number of nitrogens with zero attached hydrogens (tertiary/aromatic N) is 5. The summed E-state index contributed by atoms with van der Waals surface area (Å²) in [7, 11) is 5.20. The van der Waals surface area contributed by atoms with Gasteiger partial charge >= 0.3 is 5.97 Å². The average Bonchev–Trinajstić information content (AvgIpc) is 3.50. The fourth-order valence-electron chi connectivity index (χ4n) is 4.86. The summed E-state index contributed by atoms with van der Waals surface area (Å²) in [4.78, 5) is 24.6. The number of para-hydroxylation sites is 1. The lowest BCUT2D eigenvalue weighted by molar-refractivity contribution is 0.0593. The number of esters is 1. The minimum atomic E-state index is -0.501. The molecule has 6 rings (SSSR count). The van der Waals surface area contributed by atoms with Crippen LogP contribution in [0.5, 0.6) is 5.75 Å². The molecule has 0 aliphatic heterocycles. The highest BCUT2D eigenvalue weighted by Crippen LogP contribution is 2.50. The number of halogens is 1. The van der Waals surface area contributed by atoms with Gasteiger partial charge in [0.05, 0.1) is 42.7 Å². The second-order valence-corrected chi connectivity index (χ2v) is 13.9. The van der Waals surface area contributed by atoms with Crippen molar-refractivity contribution in [2.45, 2.75) is 32.7 Å². The van der Waals surface area contributed by atoms with Gasteiger partial charge in [-0.05, 0) is 82.2 Å². The maximum Gasteiger partial charge on any atom is 0.357 e. The molecule has 1 fully saturated rings. The van der Waals surface area contributed by atoms with Gasteiger partial charge in [-0.15, -0.1) is 16.4 Å². The molecule has 13 heteroatoms. The van der Waals surface area contributed by atoms with Crippen LogP contribution in [0.4, 0.5) is 20.5 Å².